The number of rotatable bonds is 2. The third-order valence-corrected chi connectivity index (χ3v) is 5.81. The van der Waals surface area contributed by atoms with Crippen LogP contribution in [0.2, 0.25) is 0 Å². The molecule has 1 aliphatic heterocycles. The van der Waals surface area contributed by atoms with Crippen LogP contribution in [0.4, 0.5) is 0 Å². The van der Waals surface area contributed by atoms with Crippen LogP contribution < -0.4 is 0 Å². The van der Waals surface area contributed by atoms with Gasteiger partial charge in [-0.1, -0.05) is 54.5 Å². The molecule has 12 heavy (non-hydrogen) atoms. The number of hydrogen-bond acceptors (Lipinski definition) is 1. The predicted molar refractivity (Wildman–Crippen MR) is 67.5 cm³/mol. The zero-order valence-electron chi connectivity index (χ0n) is 6.77. The van der Waals surface area contributed by atoms with Gasteiger partial charge in [0.15, 0.2) is 0 Å². The van der Waals surface area contributed by atoms with Gasteiger partial charge in [-0.15, -0.1) is 0 Å². The molecule has 0 spiro atoms. The summed E-state index contributed by atoms with van der Waals surface area (Å²) in [4.78, 5) is 2.58. The lowest BCUT2D eigenvalue weighted by Crippen LogP contribution is -2.32. The molecule has 1 aliphatic carbocycles. The second kappa shape index (κ2) is 3.66. The fraction of sp³-hybridized carbons (Fsp3) is 1.00. The summed E-state index contributed by atoms with van der Waals surface area (Å²) in [7, 11) is 0. The summed E-state index contributed by atoms with van der Waals surface area (Å²) in [5.74, 6) is 1.75. The van der Waals surface area contributed by atoms with E-state index >= 15 is 0 Å². The fourth-order valence-corrected chi connectivity index (χ4v) is 4.56. The van der Waals surface area contributed by atoms with Crippen molar-refractivity contribution in [1.29, 1.82) is 0 Å². The standard InChI is InChI=1S/C8H12Br2IN/c9-8(10)6-1-3-12(4-2-11)5-7(6)8/h6-7H,1-5H2/t6-,7+/m0/s1. The quantitative estimate of drug-likeness (QED) is 0.501. The zero-order chi connectivity index (χ0) is 8.77. The van der Waals surface area contributed by atoms with Gasteiger partial charge in [0.05, 0.1) is 3.23 Å². The third kappa shape index (κ3) is 1.73. The highest BCUT2D eigenvalue weighted by molar-refractivity contribution is 14.1. The first-order valence-electron chi connectivity index (χ1n) is 4.32. The first kappa shape index (κ1) is 10.2. The molecular weight excluding hydrogens is 397 g/mol. The van der Waals surface area contributed by atoms with E-state index in [0.29, 0.717) is 3.23 Å². The molecule has 1 saturated heterocycles. The summed E-state index contributed by atoms with van der Waals surface area (Å²) >= 11 is 9.95. The van der Waals surface area contributed by atoms with Crippen LogP contribution in [-0.4, -0.2) is 32.2 Å². The number of hydrogen-bond donors (Lipinski definition) is 0. The topological polar surface area (TPSA) is 3.24 Å². The minimum Gasteiger partial charge on any atom is -0.302 e. The minimum atomic E-state index is 0.306. The van der Waals surface area contributed by atoms with E-state index in [1.165, 1.54) is 30.5 Å². The van der Waals surface area contributed by atoms with Crippen molar-refractivity contribution in [2.75, 3.05) is 24.1 Å². The minimum absolute atomic E-state index is 0.306. The molecule has 2 fully saturated rings. The largest absolute Gasteiger partial charge is 0.302 e. The van der Waals surface area contributed by atoms with E-state index in [0.717, 1.165) is 11.8 Å². The Hall–Kier alpha value is 1.65. The normalized spacial score (nSPS) is 39.2. The number of alkyl halides is 3. The van der Waals surface area contributed by atoms with Crippen molar-refractivity contribution < 1.29 is 0 Å². The monoisotopic (exact) mass is 407 g/mol. The van der Waals surface area contributed by atoms with Crippen molar-refractivity contribution in [1.82, 2.24) is 4.90 Å². The maximum atomic E-state index is 3.75. The van der Waals surface area contributed by atoms with Crippen molar-refractivity contribution in [3.63, 3.8) is 0 Å². The van der Waals surface area contributed by atoms with Gasteiger partial charge < -0.3 is 4.90 Å². The lowest BCUT2D eigenvalue weighted by Gasteiger charge is -2.24. The highest BCUT2D eigenvalue weighted by Gasteiger charge is 2.62. The summed E-state index contributed by atoms with van der Waals surface area (Å²) in [6, 6.07) is 0. The molecule has 0 aromatic carbocycles. The first-order valence-corrected chi connectivity index (χ1v) is 7.43. The molecule has 0 aromatic heterocycles. The van der Waals surface area contributed by atoms with Gasteiger partial charge in [0.25, 0.3) is 0 Å². The molecule has 1 saturated carbocycles. The average molecular weight is 409 g/mol. The summed E-state index contributed by atoms with van der Waals surface area (Å²) in [6.07, 6.45) is 1.36. The van der Waals surface area contributed by atoms with Gasteiger partial charge in [-0.05, 0) is 18.9 Å². The molecule has 1 heterocycles. The summed E-state index contributed by atoms with van der Waals surface area (Å²) < 4.78 is 1.56. The molecule has 0 amide bonds. The predicted octanol–water partition coefficient (Wildman–Crippen LogP) is 2.86. The molecule has 1 nitrogen and oxygen atoms in total. The smallest absolute Gasteiger partial charge is 0.0881 e. The van der Waals surface area contributed by atoms with Crippen LogP contribution >= 0.6 is 54.5 Å². The van der Waals surface area contributed by atoms with Gasteiger partial charge in [-0.25, -0.2) is 0 Å². The molecule has 0 radical (unpaired) electrons. The van der Waals surface area contributed by atoms with Crippen LogP contribution in [0.25, 0.3) is 0 Å². The molecule has 0 bridgehead atoms. The number of fused-ring (bicyclic) bond motifs is 1. The van der Waals surface area contributed by atoms with Gasteiger partial charge in [-0.3, -0.25) is 0 Å². The van der Waals surface area contributed by atoms with Crippen LogP contribution in [0.5, 0.6) is 0 Å². The van der Waals surface area contributed by atoms with E-state index in [1.54, 1.807) is 0 Å². The summed E-state index contributed by atoms with van der Waals surface area (Å²) in [5.41, 5.74) is 0. The maximum absolute atomic E-state index is 3.75. The summed E-state index contributed by atoms with van der Waals surface area (Å²) in [6.45, 7) is 3.84. The molecule has 2 atom stereocenters. The number of likely N-dealkylation sites (tertiary alicyclic amines) is 1. The van der Waals surface area contributed by atoms with Gasteiger partial charge in [-0.2, -0.15) is 0 Å². The second-order valence-corrected chi connectivity index (χ2v) is 8.43. The third-order valence-electron chi connectivity index (χ3n) is 2.98. The van der Waals surface area contributed by atoms with Crippen molar-refractivity contribution >= 4 is 54.5 Å². The molecule has 0 unspecified atom stereocenters. The molecule has 70 valence electrons. The summed E-state index contributed by atoms with van der Waals surface area (Å²) in [5, 5.41) is 0. The van der Waals surface area contributed by atoms with E-state index in [4.69, 9.17) is 0 Å². The van der Waals surface area contributed by atoms with Crippen molar-refractivity contribution in [2.24, 2.45) is 11.8 Å². The molecule has 4 heteroatoms. The van der Waals surface area contributed by atoms with Crippen LogP contribution in [0.3, 0.4) is 0 Å². The Labute approximate surface area is 104 Å². The molecule has 0 N–H and O–H groups in total. The van der Waals surface area contributed by atoms with E-state index in [1.807, 2.05) is 0 Å². The number of piperidine rings is 1. The van der Waals surface area contributed by atoms with E-state index in [-0.39, 0.29) is 0 Å². The Bertz CT molecular complexity index is 186. The lowest BCUT2D eigenvalue weighted by molar-refractivity contribution is 0.233. The molecular formula is C8H12Br2IN. The zero-order valence-corrected chi connectivity index (χ0v) is 12.1. The van der Waals surface area contributed by atoms with Gasteiger partial charge >= 0.3 is 0 Å². The molecule has 2 rings (SSSR count). The van der Waals surface area contributed by atoms with Gasteiger partial charge in [0.1, 0.15) is 0 Å². The van der Waals surface area contributed by atoms with Crippen molar-refractivity contribution in [2.45, 2.75) is 9.65 Å². The van der Waals surface area contributed by atoms with E-state index < -0.39 is 0 Å². The fourth-order valence-electron chi connectivity index (χ4n) is 2.12. The Morgan fingerprint density at radius 2 is 2.17 bits per heavy atom. The van der Waals surface area contributed by atoms with E-state index in [9.17, 15) is 0 Å². The van der Waals surface area contributed by atoms with Crippen LogP contribution in [0.1, 0.15) is 6.42 Å². The SMILES string of the molecule is BrC1(Br)[C@@H]2CN(CCI)CC[C@@H]21. The first-order chi connectivity index (χ1) is 5.66. The highest BCUT2D eigenvalue weighted by atomic mass is 127. The number of halogens is 3. The van der Waals surface area contributed by atoms with Gasteiger partial charge in [0.2, 0.25) is 0 Å². The Kier molecular flexibility index (Phi) is 3.11. The second-order valence-electron chi connectivity index (χ2n) is 3.67. The van der Waals surface area contributed by atoms with Crippen molar-refractivity contribution in [3.05, 3.63) is 0 Å². The Morgan fingerprint density at radius 3 is 2.75 bits per heavy atom. The van der Waals surface area contributed by atoms with Crippen molar-refractivity contribution in [3.8, 4) is 0 Å². The molecule has 0 aromatic rings. The maximum Gasteiger partial charge on any atom is 0.0881 e. The van der Waals surface area contributed by atoms with E-state index in [2.05, 4.69) is 59.4 Å². The highest BCUT2D eigenvalue weighted by Crippen LogP contribution is 2.64. The Morgan fingerprint density at radius 1 is 1.42 bits per heavy atom. The molecule has 2 aliphatic rings. The number of nitrogens with zero attached hydrogens (tertiary/aromatic N) is 1. The van der Waals surface area contributed by atoms with Crippen LogP contribution in [-0.2, 0) is 0 Å². The van der Waals surface area contributed by atoms with Gasteiger partial charge in [0, 0.05) is 23.4 Å². The Balaban J connectivity index is 1.88. The lowest BCUT2D eigenvalue weighted by atomic mass is 10.1. The van der Waals surface area contributed by atoms with Crippen LogP contribution in [0.15, 0.2) is 0 Å². The van der Waals surface area contributed by atoms with Crippen LogP contribution in [0, 0.1) is 11.8 Å². The average Bonchev–Trinajstić information content (AvgIpc) is 2.55.